The van der Waals surface area contributed by atoms with Crippen molar-refractivity contribution in [1.82, 2.24) is 0 Å². The third-order valence-corrected chi connectivity index (χ3v) is 2.55. The number of rotatable bonds is 0. The number of hydrogen-bond acceptors (Lipinski definition) is 2. The molecule has 0 saturated carbocycles. The van der Waals surface area contributed by atoms with Crippen molar-refractivity contribution in [3.8, 4) is 0 Å². The van der Waals surface area contributed by atoms with Gasteiger partial charge in [0.2, 0.25) is 0 Å². The lowest BCUT2D eigenvalue weighted by molar-refractivity contribution is -0.110. The van der Waals surface area contributed by atoms with Crippen molar-refractivity contribution < 1.29 is 9.90 Å². The summed E-state index contributed by atoms with van der Waals surface area (Å²) < 4.78 is 0. The maximum atomic E-state index is 11.3. The molecule has 0 spiro atoms. The van der Waals surface area contributed by atoms with Crippen LogP contribution in [0, 0.1) is 13.8 Å². The van der Waals surface area contributed by atoms with Gasteiger partial charge < -0.3 is 10.4 Å². The Morgan fingerprint density at radius 3 is 2.57 bits per heavy atom. The van der Waals surface area contributed by atoms with Crippen LogP contribution < -0.4 is 5.32 Å². The van der Waals surface area contributed by atoms with E-state index in [9.17, 15) is 4.79 Å². The zero-order chi connectivity index (χ0) is 10.3. The van der Waals surface area contributed by atoms with Gasteiger partial charge in [-0.2, -0.15) is 0 Å². The molecule has 0 fully saturated rings. The predicted octanol–water partition coefficient (Wildman–Crippen LogP) is 2.15. The number of benzene rings is 1. The summed E-state index contributed by atoms with van der Waals surface area (Å²) in [5.41, 5.74) is 4.13. The average Bonchev–Trinajstić information content (AvgIpc) is 2.42. The molecule has 1 aliphatic rings. The summed E-state index contributed by atoms with van der Waals surface area (Å²) in [4.78, 5) is 11.3. The van der Waals surface area contributed by atoms with Crippen molar-refractivity contribution in [3.05, 3.63) is 35.1 Å². The van der Waals surface area contributed by atoms with E-state index in [1.54, 1.807) is 0 Å². The molecule has 1 amide bonds. The lowest BCUT2D eigenvalue weighted by Gasteiger charge is -2.03. The van der Waals surface area contributed by atoms with Crippen molar-refractivity contribution in [2.24, 2.45) is 0 Å². The molecule has 0 atom stereocenters. The van der Waals surface area contributed by atoms with Crippen molar-refractivity contribution in [2.45, 2.75) is 13.8 Å². The summed E-state index contributed by atoms with van der Waals surface area (Å²) in [6.45, 7) is 3.97. The number of aliphatic hydroxyl groups is 1. The van der Waals surface area contributed by atoms with E-state index in [-0.39, 0.29) is 5.91 Å². The number of anilines is 1. The maximum Gasteiger partial charge on any atom is 0.259 e. The molecule has 0 radical (unpaired) electrons. The summed E-state index contributed by atoms with van der Waals surface area (Å²) in [5.74, 6) is -0.243. The molecule has 3 heteroatoms. The van der Waals surface area contributed by atoms with E-state index in [2.05, 4.69) is 5.32 Å². The molecule has 72 valence electrons. The van der Waals surface area contributed by atoms with Gasteiger partial charge in [0.25, 0.3) is 5.91 Å². The number of nitrogens with one attached hydrogen (secondary N) is 1. The monoisotopic (exact) mass is 189 g/mol. The second-order valence-electron chi connectivity index (χ2n) is 3.48. The van der Waals surface area contributed by atoms with Crippen molar-refractivity contribution >= 4 is 17.2 Å². The van der Waals surface area contributed by atoms with Gasteiger partial charge in [0.05, 0.1) is 11.8 Å². The maximum absolute atomic E-state index is 11.3. The van der Waals surface area contributed by atoms with Crippen LogP contribution >= 0.6 is 0 Å². The van der Waals surface area contributed by atoms with Crippen LogP contribution in [0.5, 0.6) is 0 Å². The molecule has 1 aromatic rings. The smallest absolute Gasteiger partial charge is 0.259 e. The van der Waals surface area contributed by atoms with Gasteiger partial charge in [-0.05, 0) is 37.1 Å². The first-order valence-corrected chi connectivity index (χ1v) is 4.41. The quantitative estimate of drug-likeness (QED) is 0.485. The topological polar surface area (TPSA) is 49.3 Å². The Bertz CT molecular complexity index is 447. The third kappa shape index (κ3) is 1.09. The highest BCUT2D eigenvalue weighted by Crippen LogP contribution is 2.33. The largest absolute Gasteiger partial charge is 0.515 e. The van der Waals surface area contributed by atoms with E-state index in [1.807, 2.05) is 26.0 Å². The zero-order valence-corrected chi connectivity index (χ0v) is 8.09. The number of aliphatic hydroxyl groups excluding tert-OH is 1. The van der Waals surface area contributed by atoms with E-state index in [4.69, 9.17) is 5.11 Å². The minimum Gasteiger partial charge on any atom is -0.515 e. The second kappa shape index (κ2) is 2.87. The molecule has 0 aliphatic carbocycles. The zero-order valence-electron chi connectivity index (χ0n) is 8.09. The van der Waals surface area contributed by atoms with Crippen LogP contribution in [-0.4, -0.2) is 11.0 Å². The highest BCUT2D eigenvalue weighted by atomic mass is 16.2. The molecule has 2 N–H and O–H groups in total. The molecule has 0 unspecified atom stereocenters. The van der Waals surface area contributed by atoms with Gasteiger partial charge in [-0.1, -0.05) is 0 Å². The Morgan fingerprint density at radius 2 is 1.93 bits per heavy atom. The van der Waals surface area contributed by atoms with Gasteiger partial charge in [0, 0.05) is 11.3 Å². The molecular formula is C11H11NO2. The number of fused-ring (bicyclic) bond motifs is 1. The fraction of sp³-hybridized carbons (Fsp3) is 0.182. The van der Waals surface area contributed by atoms with Gasteiger partial charge in [-0.15, -0.1) is 0 Å². The Hall–Kier alpha value is -1.77. The van der Waals surface area contributed by atoms with Gasteiger partial charge >= 0.3 is 0 Å². The van der Waals surface area contributed by atoms with E-state index in [0.717, 1.165) is 28.6 Å². The fourth-order valence-corrected chi connectivity index (χ4v) is 1.58. The van der Waals surface area contributed by atoms with Crippen LogP contribution in [0.25, 0.3) is 5.57 Å². The minimum atomic E-state index is -0.243. The number of amides is 1. The van der Waals surface area contributed by atoms with Gasteiger partial charge in [-0.25, -0.2) is 0 Å². The predicted molar refractivity (Wildman–Crippen MR) is 55.2 cm³/mol. The second-order valence-corrected chi connectivity index (χ2v) is 3.48. The summed E-state index contributed by atoms with van der Waals surface area (Å²) in [7, 11) is 0. The van der Waals surface area contributed by atoms with E-state index in [1.165, 1.54) is 0 Å². The van der Waals surface area contributed by atoms with Crippen LogP contribution in [0.4, 0.5) is 5.69 Å². The van der Waals surface area contributed by atoms with Crippen LogP contribution in [0.3, 0.4) is 0 Å². The number of hydrogen-bond donors (Lipinski definition) is 2. The molecule has 1 heterocycles. The average molecular weight is 189 g/mol. The summed E-state index contributed by atoms with van der Waals surface area (Å²) in [6, 6.07) is 3.82. The van der Waals surface area contributed by atoms with Crippen molar-refractivity contribution in [3.63, 3.8) is 0 Å². The standard InChI is InChI=1S/C11H11NO2/c1-6-3-8-9(5-13)11(14)12-10(8)4-7(6)2/h3-5,13H,1-2H3,(H,12,14). The summed E-state index contributed by atoms with van der Waals surface area (Å²) in [5, 5.41) is 11.6. The molecule has 2 rings (SSSR count). The SMILES string of the molecule is Cc1cc2c(cc1C)C(=CO)C(=O)N2. The first kappa shape index (κ1) is 8.81. The first-order chi connectivity index (χ1) is 6.63. The Kier molecular flexibility index (Phi) is 1.81. The van der Waals surface area contributed by atoms with Gasteiger partial charge in [0.1, 0.15) is 0 Å². The number of carbonyl (C=O) groups is 1. The molecule has 0 saturated heterocycles. The highest BCUT2D eigenvalue weighted by Gasteiger charge is 2.24. The summed E-state index contributed by atoms with van der Waals surface area (Å²) in [6.07, 6.45) is 0.857. The van der Waals surface area contributed by atoms with Crippen LogP contribution in [-0.2, 0) is 4.79 Å². The van der Waals surface area contributed by atoms with Crippen LogP contribution in [0.2, 0.25) is 0 Å². The third-order valence-electron chi connectivity index (χ3n) is 2.55. The lowest BCUT2D eigenvalue weighted by Crippen LogP contribution is -2.03. The van der Waals surface area contributed by atoms with Crippen molar-refractivity contribution in [2.75, 3.05) is 5.32 Å². The highest BCUT2D eigenvalue weighted by molar-refractivity contribution is 6.31. The van der Waals surface area contributed by atoms with Crippen LogP contribution in [0.1, 0.15) is 16.7 Å². The Morgan fingerprint density at radius 1 is 1.29 bits per heavy atom. The molecule has 14 heavy (non-hydrogen) atoms. The molecule has 1 aromatic carbocycles. The van der Waals surface area contributed by atoms with E-state index < -0.39 is 0 Å². The molecule has 0 aromatic heterocycles. The van der Waals surface area contributed by atoms with Crippen molar-refractivity contribution in [1.29, 1.82) is 0 Å². The first-order valence-electron chi connectivity index (χ1n) is 4.41. The number of aryl methyl sites for hydroxylation is 2. The molecule has 0 bridgehead atoms. The van der Waals surface area contributed by atoms with E-state index >= 15 is 0 Å². The van der Waals surface area contributed by atoms with Crippen LogP contribution in [0.15, 0.2) is 18.4 Å². The Balaban J connectivity index is 2.66. The number of carbonyl (C=O) groups excluding carboxylic acids is 1. The minimum absolute atomic E-state index is 0.243. The normalized spacial score (nSPS) is 17.0. The van der Waals surface area contributed by atoms with E-state index in [0.29, 0.717) is 5.57 Å². The fourth-order valence-electron chi connectivity index (χ4n) is 1.58. The van der Waals surface area contributed by atoms with Gasteiger partial charge in [-0.3, -0.25) is 4.79 Å². The molecular weight excluding hydrogens is 178 g/mol. The summed E-state index contributed by atoms with van der Waals surface area (Å²) >= 11 is 0. The molecule has 3 nitrogen and oxygen atoms in total. The molecule has 1 aliphatic heterocycles. The van der Waals surface area contributed by atoms with Gasteiger partial charge in [0.15, 0.2) is 0 Å². The lowest BCUT2D eigenvalue weighted by atomic mass is 10.0. The Labute approximate surface area is 82.1 Å².